The number of hydrogen-bond donors (Lipinski definition) is 2. The minimum Gasteiger partial charge on any atom is -0.493 e. The van der Waals surface area contributed by atoms with Gasteiger partial charge in [-0.3, -0.25) is 9.59 Å². The normalized spacial score (nSPS) is 10.6. The molecule has 0 unspecified atom stereocenters. The van der Waals surface area contributed by atoms with Crippen LogP contribution in [-0.2, 0) is 16.6 Å². The van der Waals surface area contributed by atoms with Crippen LogP contribution in [0.1, 0.15) is 25.6 Å². The topological polar surface area (TPSA) is 148 Å². The molecular weight excluding hydrogens is 482 g/mol. The molecule has 11 nitrogen and oxygen atoms in total. The second-order valence-corrected chi connectivity index (χ2v) is 8.85. The van der Waals surface area contributed by atoms with Gasteiger partial charge in [0.1, 0.15) is 5.00 Å². The predicted molar refractivity (Wildman–Crippen MR) is 128 cm³/mol. The number of nitrogens with one attached hydrogen (secondary N) is 1. The molecular formula is C21H23N5O6S2. The number of anilines is 1. The summed E-state index contributed by atoms with van der Waals surface area (Å²) in [5, 5.41) is 11.7. The van der Waals surface area contributed by atoms with Crippen LogP contribution in [0, 0.1) is 6.92 Å². The number of nitrogens with two attached hydrogens (primary N) is 1. The number of thioether (sulfide) groups is 1. The molecule has 0 aliphatic rings. The van der Waals surface area contributed by atoms with E-state index in [1.807, 2.05) is 6.07 Å². The van der Waals surface area contributed by atoms with E-state index >= 15 is 0 Å². The van der Waals surface area contributed by atoms with Gasteiger partial charge >= 0.3 is 5.97 Å². The first-order chi connectivity index (χ1) is 16.2. The third-order valence-corrected chi connectivity index (χ3v) is 7.06. The number of nitrogens with zero attached hydrogens (tertiary/aromatic N) is 3. The Bertz CT molecular complexity index is 1250. The number of hydrogen-bond acceptors (Lipinski definition) is 10. The molecule has 0 bridgehead atoms. The molecule has 0 saturated carbocycles. The van der Waals surface area contributed by atoms with Gasteiger partial charge in [-0.15, -0.1) is 21.5 Å². The van der Waals surface area contributed by atoms with E-state index in [0.717, 1.165) is 28.7 Å². The van der Waals surface area contributed by atoms with E-state index in [0.29, 0.717) is 28.0 Å². The van der Waals surface area contributed by atoms with Gasteiger partial charge in [-0.1, -0.05) is 11.8 Å². The van der Waals surface area contributed by atoms with Crippen molar-refractivity contribution in [2.45, 2.75) is 12.1 Å². The highest BCUT2D eigenvalue weighted by molar-refractivity contribution is 7.99. The molecule has 1 aromatic carbocycles. The maximum absolute atomic E-state index is 12.6. The zero-order valence-corrected chi connectivity index (χ0v) is 20.8. The van der Waals surface area contributed by atoms with E-state index in [4.69, 9.17) is 19.9 Å². The molecule has 2 aromatic heterocycles. The Kier molecular flexibility index (Phi) is 7.79. The summed E-state index contributed by atoms with van der Waals surface area (Å²) < 4.78 is 17.1. The first-order valence-corrected chi connectivity index (χ1v) is 11.6. The molecule has 3 rings (SSSR count). The molecule has 0 spiro atoms. The highest BCUT2D eigenvalue weighted by Crippen LogP contribution is 2.34. The largest absolute Gasteiger partial charge is 0.493 e. The van der Waals surface area contributed by atoms with Gasteiger partial charge in [0.15, 0.2) is 22.5 Å². The Hall–Kier alpha value is -3.58. The molecule has 0 aliphatic heterocycles. The van der Waals surface area contributed by atoms with E-state index in [2.05, 4.69) is 15.5 Å². The fourth-order valence-corrected chi connectivity index (χ4v) is 4.92. The van der Waals surface area contributed by atoms with Crippen molar-refractivity contribution in [2.24, 2.45) is 12.8 Å². The minimum absolute atomic E-state index is 0.0125. The van der Waals surface area contributed by atoms with Crippen LogP contribution in [0.15, 0.2) is 23.4 Å². The van der Waals surface area contributed by atoms with E-state index in [9.17, 15) is 14.4 Å². The number of esters is 1. The second-order valence-electron chi connectivity index (χ2n) is 6.89. The predicted octanol–water partition coefficient (Wildman–Crippen LogP) is 2.49. The lowest BCUT2D eigenvalue weighted by atomic mass is 10.1. The lowest BCUT2D eigenvalue weighted by Crippen LogP contribution is -2.16. The summed E-state index contributed by atoms with van der Waals surface area (Å²) >= 11 is 2.09. The smallest absolute Gasteiger partial charge is 0.341 e. The minimum atomic E-state index is -0.690. The van der Waals surface area contributed by atoms with Gasteiger partial charge in [-0.25, -0.2) is 4.79 Å². The molecule has 3 aromatic rings. The Balaban J connectivity index is 1.75. The number of rotatable bonds is 9. The summed E-state index contributed by atoms with van der Waals surface area (Å²) in [7, 11) is 6.10. The average molecular weight is 506 g/mol. The zero-order valence-electron chi connectivity index (χ0n) is 19.1. The van der Waals surface area contributed by atoms with E-state index in [1.54, 1.807) is 44.9 Å². The summed E-state index contributed by atoms with van der Waals surface area (Å²) in [5.41, 5.74) is 6.61. The number of carbonyl (C=O) groups is 3. The van der Waals surface area contributed by atoms with Crippen LogP contribution in [0.2, 0.25) is 0 Å². The van der Waals surface area contributed by atoms with Crippen molar-refractivity contribution in [3.63, 3.8) is 0 Å². The van der Waals surface area contributed by atoms with Gasteiger partial charge in [0.25, 0.3) is 5.91 Å². The summed E-state index contributed by atoms with van der Waals surface area (Å²) in [6.07, 6.45) is 0. The number of benzene rings is 1. The Labute approximate surface area is 203 Å². The van der Waals surface area contributed by atoms with Gasteiger partial charge < -0.3 is 29.8 Å². The maximum Gasteiger partial charge on any atom is 0.341 e. The first-order valence-electron chi connectivity index (χ1n) is 9.77. The van der Waals surface area contributed by atoms with Crippen LogP contribution in [0.5, 0.6) is 11.5 Å². The highest BCUT2D eigenvalue weighted by Gasteiger charge is 2.25. The van der Waals surface area contributed by atoms with Crippen molar-refractivity contribution in [1.29, 1.82) is 0 Å². The Morgan fingerprint density at radius 1 is 1.15 bits per heavy atom. The number of primary amides is 1. The molecule has 0 fully saturated rings. The number of aromatic nitrogens is 3. The van der Waals surface area contributed by atoms with Crippen LogP contribution in [0.4, 0.5) is 5.00 Å². The van der Waals surface area contributed by atoms with E-state index in [-0.39, 0.29) is 21.2 Å². The summed E-state index contributed by atoms with van der Waals surface area (Å²) in [4.78, 5) is 36.6. The Morgan fingerprint density at radius 3 is 2.47 bits per heavy atom. The van der Waals surface area contributed by atoms with E-state index in [1.165, 1.54) is 7.11 Å². The summed E-state index contributed by atoms with van der Waals surface area (Å²) in [5.74, 6) is -0.0448. The standard InChI is InChI=1S/C21H23N5O6S2/c1-10-15(20(29)32-5)19(34-16(10)17(22)28)23-14(27)9-33-21-25-24-18(26(21)2)11-6-7-12(30-3)13(8-11)31-4/h6-8H,9H2,1-5H3,(H2,22,28)(H,23,27). The van der Waals surface area contributed by atoms with Gasteiger partial charge in [0, 0.05) is 12.6 Å². The third-order valence-electron chi connectivity index (χ3n) is 4.82. The summed E-state index contributed by atoms with van der Waals surface area (Å²) in [6, 6.07) is 5.38. The lowest BCUT2D eigenvalue weighted by Gasteiger charge is -2.09. The molecule has 13 heteroatoms. The van der Waals surface area contributed by atoms with Crippen LogP contribution in [0.3, 0.4) is 0 Å². The first kappa shape index (κ1) is 25.1. The molecule has 0 aliphatic carbocycles. The van der Waals surface area contributed by atoms with Gasteiger partial charge in [-0.2, -0.15) is 0 Å². The number of ether oxygens (including phenoxy) is 3. The van der Waals surface area contributed by atoms with Gasteiger partial charge in [0.05, 0.1) is 37.5 Å². The molecule has 180 valence electrons. The highest BCUT2D eigenvalue weighted by atomic mass is 32.2. The SMILES string of the molecule is COC(=O)c1c(NC(=O)CSc2nnc(-c3ccc(OC)c(OC)c3)n2C)sc(C(N)=O)c1C. The fourth-order valence-electron chi connectivity index (χ4n) is 3.14. The van der Waals surface area contributed by atoms with Crippen molar-refractivity contribution in [3.8, 4) is 22.9 Å². The fraction of sp³-hybridized carbons (Fsp3) is 0.286. The summed E-state index contributed by atoms with van der Waals surface area (Å²) in [6.45, 7) is 1.57. The van der Waals surface area contributed by atoms with Gasteiger partial charge in [-0.05, 0) is 30.7 Å². The average Bonchev–Trinajstić information content (AvgIpc) is 3.35. The van der Waals surface area contributed by atoms with Crippen LogP contribution in [-0.4, -0.2) is 59.6 Å². The van der Waals surface area contributed by atoms with Crippen molar-refractivity contribution in [1.82, 2.24) is 14.8 Å². The quantitative estimate of drug-likeness (QED) is 0.330. The number of amides is 2. The molecule has 34 heavy (non-hydrogen) atoms. The molecule has 0 saturated heterocycles. The van der Waals surface area contributed by atoms with Crippen LogP contribution < -0.4 is 20.5 Å². The van der Waals surface area contributed by atoms with E-state index < -0.39 is 17.8 Å². The number of thiophene rings is 1. The molecule has 0 radical (unpaired) electrons. The number of carbonyl (C=O) groups excluding carboxylic acids is 3. The molecule has 0 atom stereocenters. The lowest BCUT2D eigenvalue weighted by molar-refractivity contribution is -0.113. The third kappa shape index (κ3) is 4.99. The van der Waals surface area contributed by atoms with Crippen LogP contribution >= 0.6 is 23.1 Å². The molecule has 2 amide bonds. The van der Waals surface area contributed by atoms with Crippen LogP contribution in [0.25, 0.3) is 11.4 Å². The maximum atomic E-state index is 12.6. The Morgan fingerprint density at radius 2 is 1.85 bits per heavy atom. The second kappa shape index (κ2) is 10.6. The molecule has 3 N–H and O–H groups in total. The van der Waals surface area contributed by atoms with Crippen molar-refractivity contribution < 1.29 is 28.6 Å². The van der Waals surface area contributed by atoms with Gasteiger partial charge in [0.2, 0.25) is 5.91 Å². The number of methoxy groups -OCH3 is 3. The zero-order chi connectivity index (χ0) is 25.0. The molecule has 2 heterocycles. The van der Waals surface area contributed by atoms with Crippen molar-refractivity contribution in [2.75, 3.05) is 32.4 Å². The monoisotopic (exact) mass is 505 g/mol. The van der Waals surface area contributed by atoms with Crippen molar-refractivity contribution in [3.05, 3.63) is 34.2 Å². The van der Waals surface area contributed by atoms with Crippen molar-refractivity contribution >= 4 is 45.9 Å².